The van der Waals surface area contributed by atoms with E-state index in [2.05, 4.69) is 51.0 Å². The number of piperazine rings is 1. The van der Waals surface area contributed by atoms with Crippen LogP contribution in [0.4, 0.5) is 33.1 Å². The van der Waals surface area contributed by atoms with Crippen molar-refractivity contribution in [2.24, 2.45) is 7.05 Å². The summed E-state index contributed by atoms with van der Waals surface area (Å²) in [7, 11) is 3.21. The van der Waals surface area contributed by atoms with Gasteiger partial charge in [0.25, 0.3) is 5.91 Å². The number of benzene rings is 2. The molecule has 1 atom stereocenters. The fourth-order valence-corrected chi connectivity index (χ4v) is 7.66. The van der Waals surface area contributed by atoms with E-state index in [0.717, 1.165) is 55.3 Å². The van der Waals surface area contributed by atoms with E-state index in [1.54, 1.807) is 42.1 Å². The SMILES string of the molecule is CCNC(=O)c1cnc(Nc2cc(CN3CCN(c4ccc5c(c4)n(C)c(=O)n5C4CCC(=O)NC4=O)CC3)ccn2)cc1Nc1cccc(-c2ncc(F)cn2)c1OC. The maximum absolute atomic E-state index is 13.6. The van der Waals surface area contributed by atoms with Crippen LogP contribution in [0.25, 0.3) is 22.4 Å². The van der Waals surface area contributed by atoms with Crippen LogP contribution in [-0.2, 0) is 23.2 Å². The van der Waals surface area contributed by atoms with Crippen LogP contribution in [0, 0.1) is 5.82 Å². The number of nitrogens with zero attached hydrogens (tertiary/aromatic N) is 8. The van der Waals surface area contributed by atoms with Crippen LogP contribution in [0.1, 0.15) is 41.7 Å². The number of piperidine rings is 1. The molecular formula is C42H43FN12O5. The summed E-state index contributed by atoms with van der Waals surface area (Å²) in [5, 5.41) is 11.8. The Balaban J connectivity index is 0.948. The molecule has 308 valence electrons. The number of aromatic nitrogens is 6. The molecule has 0 radical (unpaired) electrons. The van der Waals surface area contributed by atoms with E-state index in [-0.39, 0.29) is 36.2 Å². The Morgan fingerprint density at radius 1 is 0.900 bits per heavy atom. The minimum absolute atomic E-state index is 0.189. The second kappa shape index (κ2) is 16.9. The molecule has 2 aliphatic rings. The molecule has 18 heteroatoms. The van der Waals surface area contributed by atoms with Crippen LogP contribution in [0.3, 0.4) is 0 Å². The van der Waals surface area contributed by atoms with Gasteiger partial charge >= 0.3 is 5.69 Å². The van der Waals surface area contributed by atoms with Gasteiger partial charge in [0, 0.05) is 76.9 Å². The zero-order valence-corrected chi connectivity index (χ0v) is 33.2. The lowest BCUT2D eigenvalue weighted by Gasteiger charge is -2.36. The number of carbonyl (C=O) groups is 3. The minimum Gasteiger partial charge on any atom is -0.494 e. The minimum atomic E-state index is -0.729. The van der Waals surface area contributed by atoms with Gasteiger partial charge in [-0.1, -0.05) is 6.07 Å². The number of anilines is 5. The van der Waals surface area contributed by atoms with E-state index in [4.69, 9.17) is 4.74 Å². The first-order chi connectivity index (χ1) is 29.1. The first-order valence-electron chi connectivity index (χ1n) is 19.5. The third kappa shape index (κ3) is 8.09. The number of hydrogen-bond donors (Lipinski definition) is 4. The molecule has 8 rings (SSSR count). The van der Waals surface area contributed by atoms with E-state index >= 15 is 0 Å². The molecule has 0 saturated carbocycles. The second-order valence-electron chi connectivity index (χ2n) is 14.5. The Labute approximate surface area is 343 Å². The molecule has 4 N–H and O–H groups in total. The number of halogens is 1. The van der Waals surface area contributed by atoms with Gasteiger partial charge in [0.05, 0.1) is 53.0 Å². The molecule has 3 amide bonds. The molecule has 0 bridgehead atoms. The lowest BCUT2D eigenvalue weighted by Crippen LogP contribution is -2.46. The average molecular weight is 815 g/mol. The van der Waals surface area contributed by atoms with Gasteiger partial charge in [-0.05, 0) is 61.4 Å². The summed E-state index contributed by atoms with van der Waals surface area (Å²) in [6.07, 6.45) is 5.88. The summed E-state index contributed by atoms with van der Waals surface area (Å²) >= 11 is 0. The van der Waals surface area contributed by atoms with Crippen LogP contribution in [-0.4, -0.2) is 91.5 Å². The summed E-state index contributed by atoms with van der Waals surface area (Å²) in [5.41, 5.74) is 4.95. The molecule has 4 aromatic heterocycles. The largest absolute Gasteiger partial charge is 0.494 e. The Morgan fingerprint density at radius 3 is 2.43 bits per heavy atom. The van der Waals surface area contributed by atoms with Crippen molar-refractivity contribution in [3.05, 3.63) is 107 Å². The summed E-state index contributed by atoms with van der Waals surface area (Å²) in [6.45, 7) is 6.09. The maximum Gasteiger partial charge on any atom is 0.329 e. The van der Waals surface area contributed by atoms with Gasteiger partial charge in [0.1, 0.15) is 17.7 Å². The van der Waals surface area contributed by atoms with Crippen molar-refractivity contribution >= 4 is 57.5 Å². The highest BCUT2D eigenvalue weighted by molar-refractivity contribution is 6.01. The molecule has 17 nitrogen and oxygen atoms in total. The summed E-state index contributed by atoms with van der Waals surface area (Å²) < 4.78 is 22.4. The molecule has 2 saturated heterocycles. The van der Waals surface area contributed by atoms with Gasteiger partial charge in [0.2, 0.25) is 11.8 Å². The molecule has 6 aromatic rings. The number of fused-ring (bicyclic) bond motifs is 1. The highest BCUT2D eigenvalue weighted by atomic mass is 19.1. The van der Waals surface area contributed by atoms with Crippen molar-refractivity contribution in [1.29, 1.82) is 0 Å². The number of pyridine rings is 2. The van der Waals surface area contributed by atoms with Crippen LogP contribution in [0.15, 0.2) is 84.2 Å². The Hall–Kier alpha value is -7.21. The van der Waals surface area contributed by atoms with E-state index in [0.29, 0.717) is 58.5 Å². The van der Waals surface area contributed by atoms with Crippen LogP contribution < -0.4 is 36.6 Å². The molecule has 2 aliphatic heterocycles. The fourth-order valence-electron chi connectivity index (χ4n) is 7.66. The van der Waals surface area contributed by atoms with Gasteiger partial charge in [0.15, 0.2) is 17.4 Å². The van der Waals surface area contributed by atoms with Crippen LogP contribution in [0.2, 0.25) is 0 Å². The van der Waals surface area contributed by atoms with Crippen molar-refractivity contribution in [2.75, 3.05) is 55.4 Å². The fraction of sp³-hybridized carbons (Fsp3) is 0.286. The van der Waals surface area contributed by atoms with Crippen LogP contribution in [0.5, 0.6) is 5.75 Å². The van der Waals surface area contributed by atoms with Gasteiger partial charge in [-0.15, -0.1) is 0 Å². The quantitative estimate of drug-likeness (QED) is 0.128. The molecule has 60 heavy (non-hydrogen) atoms. The average Bonchev–Trinajstić information content (AvgIpc) is 3.49. The van der Waals surface area contributed by atoms with Crippen molar-refractivity contribution in [1.82, 2.24) is 44.6 Å². The number of methoxy groups -OCH3 is 1. The van der Waals surface area contributed by atoms with Gasteiger partial charge in [-0.2, -0.15) is 0 Å². The summed E-state index contributed by atoms with van der Waals surface area (Å²) in [5.74, 6) is 0.0568. The predicted octanol–water partition coefficient (Wildman–Crippen LogP) is 4.27. The van der Waals surface area contributed by atoms with Gasteiger partial charge in [-0.25, -0.2) is 29.1 Å². The number of carbonyl (C=O) groups excluding carboxylic acids is 3. The van der Waals surface area contributed by atoms with E-state index < -0.39 is 17.8 Å². The number of ether oxygens (including phenoxy) is 1. The second-order valence-corrected chi connectivity index (χ2v) is 14.5. The number of amides is 3. The number of hydrogen-bond acceptors (Lipinski definition) is 13. The lowest BCUT2D eigenvalue weighted by molar-refractivity contribution is -0.135. The third-order valence-corrected chi connectivity index (χ3v) is 10.7. The van der Waals surface area contributed by atoms with Gasteiger partial charge in [-0.3, -0.25) is 33.7 Å². The van der Waals surface area contributed by atoms with Crippen molar-refractivity contribution in [2.45, 2.75) is 32.4 Å². The number of rotatable bonds is 12. The maximum atomic E-state index is 13.6. The molecule has 2 aromatic carbocycles. The monoisotopic (exact) mass is 814 g/mol. The molecule has 0 spiro atoms. The highest BCUT2D eigenvalue weighted by Gasteiger charge is 2.31. The smallest absolute Gasteiger partial charge is 0.329 e. The molecule has 1 unspecified atom stereocenters. The summed E-state index contributed by atoms with van der Waals surface area (Å²) in [6, 6.07) is 16.1. The molecule has 6 heterocycles. The molecule has 0 aliphatic carbocycles. The summed E-state index contributed by atoms with van der Waals surface area (Å²) in [4.78, 5) is 72.7. The normalized spacial score (nSPS) is 15.8. The van der Waals surface area contributed by atoms with Crippen molar-refractivity contribution in [3.63, 3.8) is 0 Å². The van der Waals surface area contributed by atoms with Crippen LogP contribution >= 0.6 is 0 Å². The zero-order chi connectivity index (χ0) is 41.9. The lowest BCUT2D eigenvalue weighted by atomic mass is 10.1. The zero-order valence-electron chi connectivity index (χ0n) is 33.2. The Kier molecular flexibility index (Phi) is 11.2. The van der Waals surface area contributed by atoms with Crippen molar-refractivity contribution in [3.8, 4) is 17.1 Å². The number of aryl methyl sites for hydroxylation is 1. The standard InChI is InChI=1S/C42H43FN12O5/c1-4-44-40(57)29-23-46-36(20-31(29)49-30-7-5-6-28(38(30)60-3)39-47-21-26(43)22-48-39)50-35-18-25(12-13-45-35)24-53-14-16-54(17-15-53)27-8-9-32-34(19-27)52(2)42(59)55(32)33-10-11-37(56)51-41(33)58/h5-9,12-13,18-23,33H,4,10-11,14-17,24H2,1-3H3,(H,44,57)(H,51,56,58)(H2,45,46,49,50). The van der Waals surface area contributed by atoms with E-state index in [9.17, 15) is 23.6 Å². The number of nitrogens with one attached hydrogen (secondary N) is 4. The van der Waals surface area contributed by atoms with Crippen molar-refractivity contribution < 1.29 is 23.5 Å². The van der Waals surface area contributed by atoms with E-state index in [1.807, 2.05) is 37.3 Å². The van der Waals surface area contributed by atoms with E-state index in [1.165, 1.54) is 17.9 Å². The number of para-hydroxylation sites is 1. The number of imide groups is 1. The topological polar surface area (TPSA) is 194 Å². The molecule has 2 fully saturated rings. The number of imidazole rings is 1. The first kappa shape index (κ1) is 39.6. The highest BCUT2D eigenvalue weighted by Crippen LogP contribution is 2.37. The molecular weight excluding hydrogens is 772 g/mol. The van der Waals surface area contributed by atoms with Gasteiger partial charge < -0.3 is 25.6 Å². The third-order valence-electron chi connectivity index (χ3n) is 10.7. The first-order valence-corrected chi connectivity index (χ1v) is 19.5. The Morgan fingerprint density at radius 2 is 1.68 bits per heavy atom. The predicted molar refractivity (Wildman–Crippen MR) is 223 cm³/mol. The Bertz CT molecular complexity index is 2660.